The van der Waals surface area contributed by atoms with E-state index in [-0.39, 0.29) is 38.5 Å². The molecule has 0 bridgehead atoms. The third kappa shape index (κ3) is 3.03. The molecule has 0 aromatic heterocycles. The highest BCUT2D eigenvalue weighted by molar-refractivity contribution is 5.94. The van der Waals surface area contributed by atoms with E-state index in [1.54, 1.807) is 6.07 Å². The molecule has 0 aliphatic carbocycles. The van der Waals surface area contributed by atoms with E-state index in [9.17, 15) is 22.8 Å². The summed E-state index contributed by atoms with van der Waals surface area (Å²) in [6.45, 7) is 0.679. The van der Waals surface area contributed by atoms with E-state index in [0.29, 0.717) is 6.07 Å². The molecular weight excluding hydrogens is 299 g/mol. The Balaban J connectivity index is 2.06. The number of benzene rings is 1. The predicted molar refractivity (Wildman–Crippen MR) is 69.0 cm³/mol. The Bertz CT molecular complexity index is 649. The van der Waals surface area contributed by atoms with Crippen molar-refractivity contribution in [1.29, 1.82) is 5.26 Å². The Morgan fingerprint density at radius 1 is 1.05 bits per heavy atom. The van der Waals surface area contributed by atoms with Crippen LogP contribution in [0.2, 0.25) is 0 Å². The number of carbonyl (C=O) groups is 2. The van der Waals surface area contributed by atoms with Crippen LogP contribution in [0.3, 0.4) is 0 Å². The summed E-state index contributed by atoms with van der Waals surface area (Å²) in [4.78, 5) is 26.3. The van der Waals surface area contributed by atoms with Gasteiger partial charge in [0.2, 0.25) is 5.91 Å². The minimum absolute atomic E-state index is 0.133. The lowest BCUT2D eigenvalue weighted by Crippen LogP contribution is -2.50. The molecule has 8 heteroatoms. The molecular formula is C14H12F3N3O2. The number of halogens is 3. The maximum Gasteiger partial charge on any atom is 0.257 e. The van der Waals surface area contributed by atoms with Gasteiger partial charge < -0.3 is 9.80 Å². The van der Waals surface area contributed by atoms with E-state index in [2.05, 4.69) is 0 Å². The third-order valence-corrected chi connectivity index (χ3v) is 3.42. The van der Waals surface area contributed by atoms with Gasteiger partial charge in [-0.1, -0.05) is 0 Å². The minimum atomic E-state index is -1.69. The summed E-state index contributed by atoms with van der Waals surface area (Å²) >= 11 is 0. The molecule has 0 spiro atoms. The van der Waals surface area contributed by atoms with Gasteiger partial charge in [-0.15, -0.1) is 0 Å². The molecule has 1 aromatic rings. The first-order valence-corrected chi connectivity index (χ1v) is 6.53. The van der Waals surface area contributed by atoms with Gasteiger partial charge in [-0.2, -0.15) is 5.26 Å². The summed E-state index contributed by atoms with van der Waals surface area (Å²) in [5.41, 5.74) is -0.546. The molecule has 5 nitrogen and oxygen atoms in total. The van der Waals surface area contributed by atoms with Crippen LogP contribution >= 0.6 is 0 Å². The zero-order valence-electron chi connectivity index (χ0n) is 11.5. The Morgan fingerprint density at radius 2 is 1.64 bits per heavy atom. The molecule has 1 heterocycles. The number of rotatable bonds is 2. The Morgan fingerprint density at radius 3 is 2.23 bits per heavy atom. The van der Waals surface area contributed by atoms with E-state index >= 15 is 0 Å². The topological polar surface area (TPSA) is 64.4 Å². The van der Waals surface area contributed by atoms with Crippen LogP contribution in [0.4, 0.5) is 13.2 Å². The summed E-state index contributed by atoms with van der Waals surface area (Å²) in [6.07, 6.45) is -0.244. The molecule has 1 aliphatic rings. The Labute approximate surface area is 124 Å². The molecule has 0 saturated carbocycles. The van der Waals surface area contributed by atoms with Gasteiger partial charge in [-0.05, 0) is 12.1 Å². The van der Waals surface area contributed by atoms with Gasteiger partial charge in [0, 0.05) is 26.2 Å². The second kappa shape index (κ2) is 6.47. The first-order valence-electron chi connectivity index (χ1n) is 6.53. The lowest BCUT2D eigenvalue weighted by molar-refractivity contribution is -0.131. The van der Waals surface area contributed by atoms with E-state index in [1.165, 1.54) is 9.80 Å². The smallest absolute Gasteiger partial charge is 0.257 e. The SMILES string of the molecule is N#CCC(=O)N1CCN(C(=O)c2ccc(F)c(F)c2F)CC1. The van der Waals surface area contributed by atoms with Crippen molar-refractivity contribution in [3.63, 3.8) is 0 Å². The molecule has 1 aromatic carbocycles. The molecule has 0 atom stereocenters. The van der Waals surface area contributed by atoms with Crippen molar-refractivity contribution < 1.29 is 22.8 Å². The van der Waals surface area contributed by atoms with Gasteiger partial charge in [0.25, 0.3) is 5.91 Å². The van der Waals surface area contributed by atoms with Crippen molar-refractivity contribution in [2.45, 2.75) is 6.42 Å². The number of hydrogen-bond donors (Lipinski definition) is 0. The molecule has 116 valence electrons. The van der Waals surface area contributed by atoms with Crippen LogP contribution < -0.4 is 0 Å². The number of amides is 2. The quantitative estimate of drug-likeness (QED) is 0.773. The van der Waals surface area contributed by atoms with Crippen molar-refractivity contribution in [2.24, 2.45) is 0 Å². The molecule has 1 fully saturated rings. The van der Waals surface area contributed by atoms with Crippen LogP contribution in [0.5, 0.6) is 0 Å². The van der Waals surface area contributed by atoms with Crippen LogP contribution in [0.15, 0.2) is 12.1 Å². The second-order valence-electron chi connectivity index (χ2n) is 4.73. The third-order valence-electron chi connectivity index (χ3n) is 3.42. The maximum atomic E-state index is 13.6. The maximum absolute atomic E-state index is 13.6. The van der Waals surface area contributed by atoms with Crippen molar-refractivity contribution >= 4 is 11.8 Å². The highest BCUT2D eigenvalue weighted by Gasteiger charge is 2.27. The van der Waals surface area contributed by atoms with Gasteiger partial charge in [0.1, 0.15) is 6.42 Å². The van der Waals surface area contributed by atoms with Gasteiger partial charge in [-0.3, -0.25) is 9.59 Å². The highest BCUT2D eigenvalue weighted by Crippen LogP contribution is 2.18. The van der Waals surface area contributed by atoms with Gasteiger partial charge >= 0.3 is 0 Å². The van der Waals surface area contributed by atoms with Gasteiger partial charge in [-0.25, -0.2) is 13.2 Å². The molecule has 2 rings (SSSR count). The summed E-state index contributed by atoms with van der Waals surface area (Å²) in [5, 5.41) is 8.47. The summed E-state index contributed by atoms with van der Waals surface area (Å²) in [7, 11) is 0. The number of piperazine rings is 1. The van der Waals surface area contributed by atoms with Crippen LogP contribution in [0, 0.1) is 28.8 Å². The van der Waals surface area contributed by atoms with E-state index in [4.69, 9.17) is 5.26 Å². The van der Waals surface area contributed by atoms with E-state index < -0.39 is 28.9 Å². The largest absolute Gasteiger partial charge is 0.338 e. The highest BCUT2D eigenvalue weighted by atomic mass is 19.2. The average Bonchev–Trinajstić information content (AvgIpc) is 2.52. The van der Waals surface area contributed by atoms with Crippen LogP contribution in [-0.4, -0.2) is 47.8 Å². The fourth-order valence-corrected chi connectivity index (χ4v) is 2.20. The lowest BCUT2D eigenvalue weighted by atomic mass is 10.1. The fourth-order valence-electron chi connectivity index (χ4n) is 2.20. The van der Waals surface area contributed by atoms with Crippen molar-refractivity contribution in [3.05, 3.63) is 35.1 Å². The predicted octanol–water partition coefficient (Wildman–Crippen LogP) is 1.30. The van der Waals surface area contributed by atoms with Crippen molar-refractivity contribution in [3.8, 4) is 6.07 Å². The first kappa shape index (κ1) is 15.8. The van der Waals surface area contributed by atoms with Crippen molar-refractivity contribution in [1.82, 2.24) is 9.80 Å². The molecule has 0 N–H and O–H groups in total. The number of nitrogens with zero attached hydrogens (tertiary/aromatic N) is 3. The Hall–Kier alpha value is -2.56. The monoisotopic (exact) mass is 311 g/mol. The van der Waals surface area contributed by atoms with E-state index in [0.717, 1.165) is 6.07 Å². The molecule has 0 radical (unpaired) electrons. The molecule has 1 saturated heterocycles. The zero-order chi connectivity index (χ0) is 16.3. The van der Waals surface area contributed by atoms with Crippen LogP contribution in [0.25, 0.3) is 0 Å². The first-order chi connectivity index (χ1) is 10.5. The number of hydrogen-bond acceptors (Lipinski definition) is 3. The van der Waals surface area contributed by atoms with Gasteiger partial charge in [0.15, 0.2) is 17.5 Å². The second-order valence-corrected chi connectivity index (χ2v) is 4.73. The minimum Gasteiger partial charge on any atom is -0.338 e. The number of carbonyl (C=O) groups excluding carboxylic acids is 2. The molecule has 0 unspecified atom stereocenters. The molecule has 1 aliphatic heterocycles. The van der Waals surface area contributed by atoms with Gasteiger partial charge in [0.05, 0.1) is 11.6 Å². The lowest BCUT2D eigenvalue weighted by Gasteiger charge is -2.34. The summed E-state index contributed by atoms with van der Waals surface area (Å²) in [6, 6.07) is 3.33. The normalized spacial score (nSPS) is 14.6. The molecule has 2 amide bonds. The Kier molecular flexibility index (Phi) is 4.65. The van der Waals surface area contributed by atoms with Crippen LogP contribution in [-0.2, 0) is 4.79 Å². The van der Waals surface area contributed by atoms with Crippen molar-refractivity contribution in [2.75, 3.05) is 26.2 Å². The summed E-state index contributed by atoms with van der Waals surface area (Å²) < 4.78 is 39.6. The fraction of sp³-hybridized carbons (Fsp3) is 0.357. The average molecular weight is 311 g/mol. The summed E-state index contributed by atoms with van der Waals surface area (Å²) in [5.74, 6) is -5.67. The molecule has 22 heavy (non-hydrogen) atoms. The van der Waals surface area contributed by atoms with E-state index in [1.807, 2.05) is 0 Å². The zero-order valence-corrected chi connectivity index (χ0v) is 11.5. The number of nitriles is 1. The van der Waals surface area contributed by atoms with Crippen LogP contribution in [0.1, 0.15) is 16.8 Å². The standard InChI is InChI=1S/C14H12F3N3O2/c15-10-2-1-9(12(16)13(10)17)14(22)20-7-5-19(6-8-20)11(21)3-4-18/h1-2H,3,5-8H2.